The smallest absolute Gasteiger partial charge is 0.200 e. The van der Waals surface area contributed by atoms with E-state index in [1.807, 2.05) is 0 Å². The summed E-state index contributed by atoms with van der Waals surface area (Å²) in [4.78, 5) is 13.0. The largest absolute Gasteiger partial charge is 0.496 e. The minimum absolute atomic E-state index is 0.183. The fraction of sp³-hybridized carbons (Fsp3) is 0.190. The van der Waals surface area contributed by atoms with Crippen LogP contribution in [0.2, 0.25) is 0 Å². The van der Waals surface area contributed by atoms with E-state index in [1.165, 1.54) is 27.6 Å². The minimum atomic E-state index is -0.183. The fourth-order valence-corrected chi connectivity index (χ4v) is 2.78. The molecule has 0 bridgehead atoms. The molecule has 3 rings (SSSR count). The van der Waals surface area contributed by atoms with E-state index in [-0.39, 0.29) is 5.43 Å². The number of hydrogen-bond acceptors (Lipinski definition) is 6. The Labute approximate surface area is 156 Å². The van der Waals surface area contributed by atoms with Gasteiger partial charge in [0.2, 0.25) is 5.43 Å². The van der Waals surface area contributed by atoms with Crippen molar-refractivity contribution in [2.45, 2.75) is 0 Å². The first-order chi connectivity index (χ1) is 13.1. The lowest BCUT2D eigenvalue weighted by molar-refractivity contribution is 0.349. The summed E-state index contributed by atoms with van der Waals surface area (Å²) in [6.45, 7) is 3.98. The molecule has 6 nitrogen and oxygen atoms in total. The normalized spacial score (nSPS) is 10.5. The highest BCUT2D eigenvalue weighted by molar-refractivity contribution is 5.84. The topological polar surface area (TPSA) is 67.1 Å². The van der Waals surface area contributed by atoms with Crippen LogP contribution in [0.1, 0.15) is 0 Å². The summed E-state index contributed by atoms with van der Waals surface area (Å²) < 4.78 is 27.2. The van der Waals surface area contributed by atoms with Crippen molar-refractivity contribution in [2.24, 2.45) is 0 Å². The molecule has 0 fully saturated rings. The van der Waals surface area contributed by atoms with E-state index >= 15 is 0 Å². The Kier molecular flexibility index (Phi) is 5.35. The monoisotopic (exact) mass is 368 g/mol. The maximum Gasteiger partial charge on any atom is 0.200 e. The predicted octanol–water partition coefficient (Wildman–Crippen LogP) is 4.05. The van der Waals surface area contributed by atoms with Gasteiger partial charge in [-0.1, -0.05) is 12.7 Å². The van der Waals surface area contributed by atoms with Gasteiger partial charge in [-0.3, -0.25) is 4.79 Å². The Bertz CT molecular complexity index is 1030. The van der Waals surface area contributed by atoms with Gasteiger partial charge in [0.25, 0.3) is 0 Å². The van der Waals surface area contributed by atoms with E-state index in [2.05, 4.69) is 6.58 Å². The first-order valence-corrected chi connectivity index (χ1v) is 8.22. The molecule has 140 valence electrons. The van der Waals surface area contributed by atoms with E-state index in [4.69, 9.17) is 23.4 Å². The third-order valence-electron chi connectivity index (χ3n) is 4.11. The molecular formula is C21H20O6. The van der Waals surface area contributed by atoms with Gasteiger partial charge in [-0.2, -0.15) is 0 Å². The molecule has 27 heavy (non-hydrogen) atoms. The zero-order valence-electron chi connectivity index (χ0n) is 15.4. The number of rotatable bonds is 7. The second-order valence-corrected chi connectivity index (χ2v) is 5.64. The molecule has 0 aliphatic carbocycles. The lowest BCUT2D eigenvalue weighted by atomic mass is 10.0. The Morgan fingerprint density at radius 2 is 1.67 bits per heavy atom. The molecule has 0 radical (unpaired) electrons. The number of benzene rings is 2. The van der Waals surface area contributed by atoms with Gasteiger partial charge in [0.15, 0.2) is 11.5 Å². The fourth-order valence-electron chi connectivity index (χ4n) is 2.78. The van der Waals surface area contributed by atoms with Gasteiger partial charge in [-0.05, 0) is 18.2 Å². The molecular weight excluding hydrogens is 348 g/mol. The van der Waals surface area contributed by atoms with Crippen LogP contribution in [-0.4, -0.2) is 27.9 Å². The third kappa shape index (κ3) is 3.46. The number of ether oxygens (including phenoxy) is 4. The van der Waals surface area contributed by atoms with Gasteiger partial charge < -0.3 is 23.4 Å². The van der Waals surface area contributed by atoms with Crippen LogP contribution in [-0.2, 0) is 0 Å². The molecule has 0 aliphatic heterocycles. The van der Waals surface area contributed by atoms with Crippen LogP contribution in [0.15, 0.2) is 58.5 Å². The second kappa shape index (κ2) is 7.86. The average Bonchev–Trinajstić information content (AvgIpc) is 2.71. The Morgan fingerprint density at radius 1 is 0.963 bits per heavy atom. The summed E-state index contributed by atoms with van der Waals surface area (Å²) in [5.74, 6) is 2.07. The van der Waals surface area contributed by atoms with Crippen LogP contribution in [0.5, 0.6) is 23.0 Å². The summed E-state index contributed by atoms with van der Waals surface area (Å²) in [5, 5.41) is 0.440. The van der Waals surface area contributed by atoms with Crippen LogP contribution in [0, 0.1) is 0 Å². The highest BCUT2D eigenvalue weighted by atomic mass is 16.5. The molecule has 0 N–H and O–H groups in total. The molecule has 3 aromatic rings. The van der Waals surface area contributed by atoms with Crippen molar-refractivity contribution in [2.75, 3.05) is 27.9 Å². The zero-order valence-corrected chi connectivity index (χ0v) is 15.4. The Hall–Kier alpha value is -3.41. The quantitative estimate of drug-likeness (QED) is 0.586. The molecule has 0 atom stereocenters. The Morgan fingerprint density at radius 3 is 2.33 bits per heavy atom. The van der Waals surface area contributed by atoms with Crippen LogP contribution in [0.25, 0.3) is 22.1 Å². The first-order valence-electron chi connectivity index (χ1n) is 8.22. The van der Waals surface area contributed by atoms with Gasteiger partial charge in [-0.25, -0.2) is 0 Å². The van der Waals surface area contributed by atoms with Crippen molar-refractivity contribution in [3.8, 4) is 34.1 Å². The van der Waals surface area contributed by atoms with Crippen molar-refractivity contribution in [1.29, 1.82) is 0 Å². The first kappa shape index (κ1) is 18.4. The summed E-state index contributed by atoms with van der Waals surface area (Å²) in [6.07, 6.45) is 3.05. The molecule has 0 aliphatic rings. The molecule has 0 spiro atoms. The minimum Gasteiger partial charge on any atom is -0.496 e. The lowest BCUT2D eigenvalue weighted by Gasteiger charge is -2.14. The number of methoxy groups -OCH3 is 3. The van der Waals surface area contributed by atoms with Crippen LogP contribution in [0.4, 0.5) is 0 Å². The van der Waals surface area contributed by atoms with Crippen molar-refractivity contribution >= 4 is 11.0 Å². The van der Waals surface area contributed by atoms with Gasteiger partial charge in [0.05, 0.1) is 32.3 Å². The van der Waals surface area contributed by atoms with Gasteiger partial charge in [-0.15, -0.1) is 0 Å². The molecule has 1 heterocycles. The maximum absolute atomic E-state index is 13.0. The summed E-state index contributed by atoms with van der Waals surface area (Å²) in [7, 11) is 4.59. The molecule has 2 aromatic carbocycles. The number of hydrogen-bond donors (Lipinski definition) is 0. The predicted molar refractivity (Wildman–Crippen MR) is 103 cm³/mol. The van der Waals surface area contributed by atoms with E-state index in [1.54, 1.807) is 36.4 Å². The molecule has 0 unspecified atom stereocenters. The highest BCUT2D eigenvalue weighted by Gasteiger charge is 2.18. The summed E-state index contributed by atoms with van der Waals surface area (Å²) in [5.41, 5.74) is 1.17. The number of fused-ring (bicyclic) bond motifs is 1. The maximum atomic E-state index is 13.0. The van der Waals surface area contributed by atoms with Gasteiger partial charge in [0, 0.05) is 17.7 Å². The summed E-state index contributed by atoms with van der Waals surface area (Å²) in [6, 6.07) is 8.44. The van der Waals surface area contributed by atoms with Crippen molar-refractivity contribution in [3.63, 3.8) is 0 Å². The molecule has 0 saturated carbocycles. The van der Waals surface area contributed by atoms with Gasteiger partial charge in [0.1, 0.15) is 30.0 Å². The Balaban J connectivity index is 2.16. The van der Waals surface area contributed by atoms with E-state index in [0.29, 0.717) is 51.7 Å². The molecule has 0 amide bonds. The van der Waals surface area contributed by atoms with Crippen molar-refractivity contribution in [1.82, 2.24) is 0 Å². The van der Waals surface area contributed by atoms with Crippen molar-refractivity contribution < 1.29 is 23.4 Å². The third-order valence-corrected chi connectivity index (χ3v) is 4.11. The van der Waals surface area contributed by atoms with Crippen molar-refractivity contribution in [3.05, 3.63) is 59.5 Å². The standard InChI is InChI=1S/C21H20O6/c1-5-8-26-13-6-7-14-18(9-13)27-12-16(21(14)22)15-10-19(24-3)20(25-4)11-17(15)23-2/h5-7,9-12H,1,8H2,2-4H3. The van der Waals surface area contributed by atoms with E-state index in [0.717, 1.165) is 0 Å². The zero-order chi connectivity index (χ0) is 19.4. The SMILES string of the molecule is C=CCOc1ccc2c(=O)c(-c3cc(OC)c(OC)cc3OC)coc2c1. The van der Waals surface area contributed by atoms with Crippen LogP contribution in [0.3, 0.4) is 0 Å². The lowest BCUT2D eigenvalue weighted by Crippen LogP contribution is -2.06. The van der Waals surface area contributed by atoms with E-state index < -0.39 is 0 Å². The summed E-state index contributed by atoms with van der Waals surface area (Å²) >= 11 is 0. The van der Waals surface area contributed by atoms with Crippen LogP contribution < -0.4 is 24.4 Å². The average molecular weight is 368 g/mol. The second-order valence-electron chi connectivity index (χ2n) is 5.64. The van der Waals surface area contributed by atoms with Gasteiger partial charge >= 0.3 is 0 Å². The van der Waals surface area contributed by atoms with E-state index in [9.17, 15) is 4.79 Å². The molecule has 0 saturated heterocycles. The van der Waals surface area contributed by atoms with Crippen LogP contribution >= 0.6 is 0 Å². The molecule has 1 aromatic heterocycles. The highest BCUT2D eigenvalue weighted by Crippen LogP contribution is 2.39. The molecule has 6 heteroatoms.